The molecule has 0 aromatic rings. The van der Waals surface area contributed by atoms with Gasteiger partial charge in [0.05, 0.1) is 7.14 Å². The summed E-state index contributed by atoms with van der Waals surface area (Å²) in [5.74, 6) is 0. The molecule has 0 saturated carbocycles. The molecule has 9 heavy (non-hydrogen) atoms. The first-order chi connectivity index (χ1) is 4.27. The van der Waals surface area contributed by atoms with Crippen molar-refractivity contribution >= 4 is 7.14 Å². The quantitative estimate of drug-likeness (QED) is 0.426. The van der Waals surface area contributed by atoms with Crippen molar-refractivity contribution in [2.75, 3.05) is 18.5 Å². The molecule has 0 fully saturated rings. The molecule has 1 aliphatic heterocycles. The van der Waals surface area contributed by atoms with Crippen LogP contribution < -0.4 is 0 Å². The highest BCUT2D eigenvalue weighted by Gasteiger charge is 2.20. The number of hydrogen-bond donors (Lipinski definition) is 0. The lowest BCUT2D eigenvalue weighted by molar-refractivity contribution is 0.581. The fourth-order valence-corrected chi connectivity index (χ4v) is 2.98. The van der Waals surface area contributed by atoms with Crippen LogP contribution in [-0.4, -0.2) is 18.5 Å². The molecule has 0 atom stereocenters. The summed E-state index contributed by atoms with van der Waals surface area (Å²) in [6, 6.07) is 0. The van der Waals surface area contributed by atoms with Crippen LogP contribution in [0.25, 0.3) is 0 Å². The maximum atomic E-state index is 11.5. The van der Waals surface area contributed by atoms with E-state index in [0.717, 1.165) is 12.3 Å². The maximum absolute atomic E-state index is 11.5. The molecule has 0 N–H and O–H groups in total. The van der Waals surface area contributed by atoms with Gasteiger partial charge in [0.1, 0.15) is 0 Å². The van der Waals surface area contributed by atoms with Crippen LogP contribution in [-0.2, 0) is 4.57 Å². The van der Waals surface area contributed by atoms with Gasteiger partial charge >= 0.3 is 0 Å². The van der Waals surface area contributed by atoms with Crippen molar-refractivity contribution in [3.8, 4) is 0 Å². The predicted octanol–water partition coefficient (Wildman–Crippen LogP) is 2.11. The van der Waals surface area contributed by atoms with E-state index in [2.05, 4.69) is 6.58 Å². The molecular formula is C7H11OP. The Morgan fingerprint density at radius 3 is 2.56 bits per heavy atom. The van der Waals surface area contributed by atoms with Gasteiger partial charge in [-0.2, -0.15) is 0 Å². The normalized spacial score (nSPS) is 22.2. The van der Waals surface area contributed by atoms with Crippen LogP contribution in [0, 0.1) is 0 Å². The smallest absolute Gasteiger partial charge is 0.0984 e. The summed E-state index contributed by atoms with van der Waals surface area (Å²) in [6.07, 6.45) is 8.06. The third-order valence-electron chi connectivity index (χ3n) is 1.50. The highest BCUT2D eigenvalue weighted by Crippen LogP contribution is 2.48. The van der Waals surface area contributed by atoms with Crippen LogP contribution >= 0.6 is 7.14 Å². The van der Waals surface area contributed by atoms with E-state index >= 15 is 0 Å². The zero-order valence-corrected chi connectivity index (χ0v) is 6.31. The van der Waals surface area contributed by atoms with E-state index in [0.29, 0.717) is 6.16 Å². The molecule has 0 unspecified atom stereocenters. The Labute approximate surface area is 55.8 Å². The Balaban J connectivity index is 2.55. The predicted molar refractivity (Wildman–Crippen MR) is 41.5 cm³/mol. The van der Waals surface area contributed by atoms with Gasteiger partial charge in [-0.15, -0.1) is 6.58 Å². The summed E-state index contributed by atoms with van der Waals surface area (Å²) in [7, 11) is -1.80. The molecule has 1 aliphatic rings. The first-order valence-electron chi connectivity index (χ1n) is 3.10. The van der Waals surface area contributed by atoms with Gasteiger partial charge in [0.25, 0.3) is 0 Å². The van der Waals surface area contributed by atoms with Gasteiger partial charge in [0, 0.05) is 18.5 Å². The summed E-state index contributed by atoms with van der Waals surface area (Å²) in [5, 5.41) is 0. The Morgan fingerprint density at radius 2 is 2.11 bits per heavy atom. The maximum Gasteiger partial charge on any atom is 0.0984 e. The zero-order chi connectivity index (χ0) is 6.74. The third kappa shape index (κ3) is 1.56. The van der Waals surface area contributed by atoms with Crippen molar-refractivity contribution in [3.05, 3.63) is 24.8 Å². The van der Waals surface area contributed by atoms with Crippen LogP contribution in [0.3, 0.4) is 0 Å². The minimum atomic E-state index is -1.80. The SMILES string of the molecule is C=CCP1(=O)CC=CC1. The summed E-state index contributed by atoms with van der Waals surface area (Å²) in [4.78, 5) is 0. The summed E-state index contributed by atoms with van der Waals surface area (Å²) >= 11 is 0. The topological polar surface area (TPSA) is 17.1 Å². The average molecular weight is 142 g/mol. The van der Waals surface area contributed by atoms with Gasteiger partial charge in [0.2, 0.25) is 0 Å². The molecule has 0 bridgehead atoms. The Bertz CT molecular complexity index is 169. The fourth-order valence-electron chi connectivity index (χ4n) is 0.992. The average Bonchev–Trinajstić information content (AvgIpc) is 2.16. The molecule has 50 valence electrons. The molecule has 1 heterocycles. The van der Waals surface area contributed by atoms with E-state index in [-0.39, 0.29) is 0 Å². The van der Waals surface area contributed by atoms with E-state index in [1.54, 1.807) is 6.08 Å². The number of rotatable bonds is 2. The molecule has 2 heteroatoms. The highest BCUT2D eigenvalue weighted by atomic mass is 31.2. The lowest BCUT2D eigenvalue weighted by Gasteiger charge is -2.05. The van der Waals surface area contributed by atoms with Crippen molar-refractivity contribution in [1.29, 1.82) is 0 Å². The first-order valence-corrected chi connectivity index (χ1v) is 5.36. The molecule has 0 radical (unpaired) electrons. The molecule has 0 amide bonds. The van der Waals surface area contributed by atoms with E-state index in [4.69, 9.17) is 0 Å². The van der Waals surface area contributed by atoms with Crippen molar-refractivity contribution in [2.24, 2.45) is 0 Å². The van der Waals surface area contributed by atoms with Crippen molar-refractivity contribution in [1.82, 2.24) is 0 Å². The molecule has 0 aliphatic carbocycles. The zero-order valence-electron chi connectivity index (χ0n) is 5.42. The van der Waals surface area contributed by atoms with Crippen LogP contribution in [0.15, 0.2) is 24.8 Å². The standard InChI is InChI=1S/C7H11OP/c1-2-5-9(8)6-3-4-7-9/h2-4H,1,5-7H2. The monoisotopic (exact) mass is 142 g/mol. The van der Waals surface area contributed by atoms with Crippen molar-refractivity contribution in [2.45, 2.75) is 0 Å². The summed E-state index contributed by atoms with van der Waals surface area (Å²) < 4.78 is 11.5. The number of hydrogen-bond acceptors (Lipinski definition) is 1. The van der Waals surface area contributed by atoms with E-state index in [1.165, 1.54) is 0 Å². The van der Waals surface area contributed by atoms with Crippen LogP contribution in [0.1, 0.15) is 0 Å². The molecule has 0 saturated heterocycles. The summed E-state index contributed by atoms with van der Waals surface area (Å²) in [6.45, 7) is 3.57. The molecule has 0 aromatic carbocycles. The van der Waals surface area contributed by atoms with Crippen molar-refractivity contribution < 1.29 is 4.57 Å². The molecule has 0 spiro atoms. The van der Waals surface area contributed by atoms with Gasteiger partial charge in [-0.3, -0.25) is 0 Å². The minimum Gasteiger partial charge on any atom is -0.323 e. The lowest BCUT2D eigenvalue weighted by Crippen LogP contribution is -1.87. The molecular weight excluding hydrogens is 131 g/mol. The van der Waals surface area contributed by atoms with Gasteiger partial charge in [0.15, 0.2) is 0 Å². The van der Waals surface area contributed by atoms with Crippen LogP contribution in [0.2, 0.25) is 0 Å². The highest BCUT2D eigenvalue weighted by molar-refractivity contribution is 7.64. The third-order valence-corrected chi connectivity index (χ3v) is 4.18. The second-order valence-corrected chi connectivity index (χ2v) is 5.58. The van der Waals surface area contributed by atoms with Crippen LogP contribution in [0.4, 0.5) is 0 Å². The van der Waals surface area contributed by atoms with Gasteiger partial charge in [-0.25, -0.2) is 0 Å². The van der Waals surface area contributed by atoms with Gasteiger partial charge < -0.3 is 4.57 Å². The summed E-state index contributed by atoms with van der Waals surface area (Å²) in [5.41, 5.74) is 0. The number of allylic oxidation sites excluding steroid dienone is 3. The second-order valence-electron chi connectivity index (χ2n) is 2.37. The van der Waals surface area contributed by atoms with Gasteiger partial charge in [-0.1, -0.05) is 18.2 Å². The second kappa shape index (κ2) is 2.53. The van der Waals surface area contributed by atoms with E-state index < -0.39 is 7.14 Å². The van der Waals surface area contributed by atoms with E-state index in [9.17, 15) is 4.57 Å². The Kier molecular flexibility index (Phi) is 1.92. The van der Waals surface area contributed by atoms with E-state index in [1.807, 2.05) is 12.2 Å². The first kappa shape index (κ1) is 6.82. The lowest BCUT2D eigenvalue weighted by atomic mass is 10.6. The fraction of sp³-hybridized carbons (Fsp3) is 0.429. The minimum absolute atomic E-state index is 0.708. The largest absolute Gasteiger partial charge is 0.323 e. The van der Waals surface area contributed by atoms with Gasteiger partial charge in [-0.05, 0) is 0 Å². The molecule has 0 aromatic heterocycles. The Hall–Kier alpha value is -0.290. The molecule has 1 nitrogen and oxygen atoms in total. The van der Waals surface area contributed by atoms with Crippen molar-refractivity contribution in [3.63, 3.8) is 0 Å². The molecule has 1 rings (SSSR count). The Morgan fingerprint density at radius 1 is 1.56 bits per heavy atom. The van der Waals surface area contributed by atoms with Crippen LogP contribution in [0.5, 0.6) is 0 Å².